The van der Waals surface area contributed by atoms with Crippen molar-refractivity contribution in [3.05, 3.63) is 136 Å². The first-order valence-electron chi connectivity index (χ1n) is 12.3. The van der Waals surface area contributed by atoms with Crippen LogP contribution in [0.3, 0.4) is 0 Å². The minimum Gasteiger partial charge on any atom is -0.497 e. The van der Waals surface area contributed by atoms with E-state index in [1.54, 1.807) is 81.6 Å². The van der Waals surface area contributed by atoms with Gasteiger partial charge in [0.15, 0.2) is 11.6 Å². The van der Waals surface area contributed by atoms with Crippen LogP contribution >= 0.6 is 11.6 Å². The second-order valence-electron chi connectivity index (χ2n) is 8.38. The first kappa shape index (κ1) is 31.3. The molecule has 0 aromatic heterocycles. The summed E-state index contributed by atoms with van der Waals surface area (Å²) in [5.41, 5.74) is 1.90. The van der Waals surface area contributed by atoms with E-state index in [0.29, 0.717) is 6.42 Å². The second kappa shape index (κ2) is 16.2. The predicted molar refractivity (Wildman–Crippen MR) is 151 cm³/mol. The van der Waals surface area contributed by atoms with E-state index in [2.05, 4.69) is 0 Å². The lowest BCUT2D eigenvalue weighted by Gasteiger charge is -2.12. The van der Waals surface area contributed by atoms with Gasteiger partial charge in [0.05, 0.1) is 24.8 Å². The average Bonchev–Trinajstić information content (AvgIpc) is 2.97. The fraction of sp³-hybridized carbons (Fsp3) is 0.188. The van der Waals surface area contributed by atoms with E-state index in [-0.39, 0.29) is 29.3 Å². The highest BCUT2D eigenvalue weighted by Crippen LogP contribution is 2.22. The molecule has 4 nitrogen and oxygen atoms in total. The number of methoxy groups -OCH3 is 1. The van der Waals surface area contributed by atoms with Crippen LogP contribution in [0.5, 0.6) is 5.75 Å². The van der Waals surface area contributed by atoms with Gasteiger partial charge in [0, 0.05) is 17.4 Å². The Labute approximate surface area is 232 Å². The molecule has 0 spiro atoms. The van der Waals surface area contributed by atoms with Crippen molar-refractivity contribution in [2.24, 2.45) is 0 Å². The molecule has 0 saturated carbocycles. The Morgan fingerprint density at radius 3 is 1.79 bits per heavy atom. The number of carbonyl (C=O) groups is 2. The van der Waals surface area contributed by atoms with Crippen LogP contribution in [0.2, 0.25) is 5.02 Å². The van der Waals surface area contributed by atoms with Gasteiger partial charge in [0.1, 0.15) is 17.4 Å². The SMILES string of the molecule is CC(C(=O)c1ccccc1F)c1ccc(CO)cc1.CCC(=O)c1ccccc1F.COc1ccc(Cl)cc1. The first-order valence-corrected chi connectivity index (χ1v) is 12.6. The van der Waals surface area contributed by atoms with E-state index >= 15 is 0 Å². The monoisotopic (exact) mass is 552 g/mol. The number of hydrogen-bond acceptors (Lipinski definition) is 4. The Bertz CT molecular complexity index is 1340. The number of aliphatic hydroxyl groups is 1. The zero-order chi connectivity index (χ0) is 28.8. The van der Waals surface area contributed by atoms with Crippen LogP contribution < -0.4 is 4.74 Å². The lowest BCUT2D eigenvalue weighted by molar-refractivity contribution is 0.0959. The molecule has 204 valence electrons. The van der Waals surface area contributed by atoms with Crippen LogP contribution in [0, 0.1) is 11.6 Å². The summed E-state index contributed by atoms with van der Waals surface area (Å²) in [6.07, 6.45) is 0.348. The molecule has 4 aromatic rings. The maximum atomic E-state index is 13.6. The van der Waals surface area contributed by atoms with Gasteiger partial charge in [-0.25, -0.2) is 8.78 Å². The van der Waals surface area contributed by atoms with Crippen molar-refractivity contribution in [1.29, 1.82) is 0 Å². The maximum absolute atomic E-state index is 13.6. The molecule has 0 heterocycles. The van der Waals surface area contributed by atoms with Crippen molar-refractivity contribution < 1.29 is 28.2 Å². The highest BCUT2D eigenvalue weighted by Gasteiger charge is 2.19. The number of carbonyl (C=O) groups excluding carboxylic acids is 2. The van der Waals surface area contributed by atoms with Crippen LogP contribution in [-0.2, 0) is 6.61 Å². The van der Waals surface area contributed by atoms with Gasteiger partial charge in [0.25, 0.3) is 0 Å². The minimum absolute atomic E-state index is 0.0318. The van der Waals surface area contributed by atoms with Crippen LogP contribution in [-0.4, -0.2) is 23.8 Å². The molecule has 0 aliphatic carbocycles. The summed E-state index contributed by atoms with van der Waals surface area (Å²) < 4.78 is 31.3. The summed E-state index contributed by atoms with van der Waals surface area (Å²) in [6.45, 7) is 3.44. The Balaban J connectivity index is 0.000000226. The summed E-state index contributed by atoms with van der Waals surface area (Å²) in [4.78, 5) is 23.2. The molecule has 0 aliphatic rings. The molecule has 1 atom stereocenters. The number of ether oxygens (including phenoxy) is 1. The van der Waals surface area contributed by atoms with Crippen molar-refractivity contribution in [2.75, 3.05) is 7.11 Å². The van der Waals surface area contributed by atoms with Crippen LogP contribution in [0.4, 0.5) is 8.78 Å². The molecule has 39 heavy (non-hydrogen) atoms. The Morgan fingerprint density at radius 1 is 0.821 bits per heavy atom. The highest BCUT2D eigenvalue weighted by atomic mass is 35.5. The van der Waals surface area contributed by atoms with Crippen molar-refractivity contribution in [3.8, 4) is 5.75 Å². The molecule has 1 N–H and O–H groups in total. The topological polar surface area (TPSA) is 63.6 Å². The zero-order valence-electron chi connectivity index (χ0n) is 22.0. The predicted octanol–water partition coefficient (Wildman–Crippen LogP) is 8.07. The van der Waals surface area contributed by atoms with E-state index in [0.717, 1.165) is 21.9 Å². The second-order valence-corrected chi connectivity index (χ2v) is 8.82. The Morgan fingerprint density at radius 2 is 1.33 bits per heavy atom. The Hall–Kier alpha value is -3.87. The average molecular weight is 553 g/mol. The van der Waals surface area contributed by atoms with Crippen LogP contribution in [0.1, 0.15) is 58.0 Å². The van der Waals surface area contributed by atoms with Crippen molar-refractivity contribution in [2.45, 2.75) is 32.8 Å². The van der Waals surface area contributed by atoms with Gasteiger partial charge in [-0.3, -0.25) is 9.59 Å². The fourth-order valence-electron chi connectivity index (χ4n) is 3.41. The summed E-state index contributed by atoms with van der Waals surface area (Å²) in [5.74, 6) is -0.896. The van der Waals surface area contributed by atoms with E-state index < -0.39 is 17.6 Å². The minimum atomic E-state index is -0.494. The van der Waals surface area contributed by atoms with E-state index in [1.165, 1.54) is 24.3 Å². The molecule has 0 saturated heterocycles. The summed E-state index contributed by atoms with van der Waals surface area (Å²) in [5, 5.41) is 9.71. The third kappa shape index (κ3) is 9.74. The number of Topliss-reactive ketones (excluding diaryl/α,β-unsaturated/α-hetero) is 2. The number of aliphatic hydroxyl groups excluding tert-OH is 1. The molecular weight excluding hydrogens is 522 g/mol. The molecule has 4 aromatic carbocycles. The van der Waals surface area contributed by atoms with Gasteiger partial charge in [-0.1, -0.05) is 74.0 Å². The molecule has 0 aliphatic heterocycles. The Kier molecular flexibility index (Phi) is 13.0. The quantitative estimate of drug-likeness (QED) is 0.235. The molecule has 0 radical (unpaired) electrons. The normalized spacial score (nSPS) is 10.7. The number of hydrogen-bond donors (Lipinski definition) is 1. The molecule has 0 bridgehead atoms. The molecular formula is C32H31ClF2O4. The molecule has 0 amide bonds. The third-order valence-electron chi connectivity index (χ3n) is 5.74. The number of halogens is 3. The fourth-order valence-corrected chi connectivity index (χ4v) is 3.53. The number of ketones is 2. The molecule has 1 unspecified atom stereocenters. The van der Waals surface area contributed by atoms with E-state index in [1.807, 2.05) is 12.1 Å². The van der Waals surface area contributed by atoms with Gasteiger partial charge < -0.3 is 9.84 Å². The first-order chi connectivity index (χ1) is 18.7. The molecule has 0 fully saturated rings. The van der Waals surface area contributed by atoms with Crippen molar-refractivity contribution >= 4 is 23.2 Å². The highest BCUT2D eigenvalue weighted by molar-refractivity contribution is 6.30. The van der Waals surface area contributed by atoms with E-state index in [9.17, 15) is 18.4 Å². The smallest absolute Gasteiger partial charge is 0.172 e. The molecule has 4 rings (SSSR count). The van der Waals surface area contributed by atoms with Crippen molar-refractivity contribution in [3.63, 3.8) is 0 Å². The maximum Gasteiger partial charge on any atom is 0.172 e. The summed E-state index contributed by atoms with van der Waals surface area (Å²) in [6, 6.07) is 26.4. The van der Waals surface area contributed by atoms with Gasteiger partial charge in [-0.2, -0.15) is 0 Å². The molecule has 7 heteroatoms. The van der Waals surface area contributed by atoms with Gasteiger partial charge in [-0.05, 0) is 59.7 Å². The number of benzene rings is 4. The van der Waals surface area contributed by atoms with Gasteiger partial charge in [0.2, 0.25) is 0 Å². The summed E-state index contributed by atoms with van der Waals surface area (Å²) in [7, 11) is 1.63. The van der Waals surface area contributed by atoms with Gasteiger partial charge >= 0.3 is 0 Å². The largest absolute Gasteiger partial charge is 0.497 e. The zero-order valence-corrected chi connectivity index (χ0v) is 22.8. The number of rotatable bonds is 7. The van der Waals surface area contributed by atoms with Crippen LogP contribution in [0.25, 0.3) is 0 Å². The lowest BCUT2D eigenvalue weighted by Crippen LogP contribution is -2.11. The van der Waals surface area contributed by atoms with Crippen molar-refractivity contribution in [1.82, 2.24) is 0 Å². The van der Waals surface area contributed by atoms with Gasteiger partial charge in [-0.15, -0.1) is 0 Å². The summed E-state index contributed by atoms with van der Waals surface area (Å²) >= 11 is 5.61. The standard InChI is InChI=1S/C16H15FO2.C9H9FO.C7H7ClO/c1-11(13-8-6-12(10-18)7-9-13)16(19)14-4-2-3-5-15(14)17;1-2-9(11)7-5-3-4-6-8(7)10;1-9-7-4-2-6(8)3-5-7/h2-9,11,18H,10H2,1H3;3-6H,2H2,1H3;2-5H,1H3. The third-order valence-corrected chi connectivity index (χ3v) is 5.99. The lowest BCUT2D eigenvalue weighted by atomic mass is 9.91. The van der Waals surface area contributed by atoms with Crippen LogP contribution in [0.15, 0.2) is 97.1 Å². The van der Waals surface area contributed by atoms with E-state index in [4.69, 9.17) is 21.4 Å².